The van der Waals surface area contributed by atoms with Crippen LogP contribution in [0.15, 0.2) is 48.5 Å². The van der Waals surface area contributed by atoms with Crippen LogP contribution in [0.4, 0.5) is 0 Å². The number of hydrogen-bond donors (Lipinski definition) is 1. The maximum Gasteiger partial charge on any atom is 0.255 e. The van der Waals surface area contributed by atoms with E-state index in [9.17, 15) is 4.79 Å². The van der Waals surface area contributed by atoms with Gasteiger partial charge in [-0.1, -0.05) is 24.3 Å². The fraction of sp³-hybridized carbons (Fsp3) is 0.435. The Balaban J connectivity index is 1.66. The van der Waals surface area contributed by atoms with Crippen molar-refractivity contribution < 1.29 is 19.0 Å². The molecular formula is C23H30N2O4. The minimum absolute atomic E-state index is 0.130. The van der Waals surface area contributed by atoms with Crippen LogP contribution in [0.5, 0.6) is 11.5 Å². The predicted molar refractivity (Wildman–Crippen MR) is 113 cm³/mol. The summed E-state index contributed by atoms with van der Waals surface area (Å²) < 4.78 is 16.9. The van der Waals surface area contributed by atoms with Crippen LogP contribution in [0.3, 0.4) is 0 Å². The summed E-state index contributed by atoms with van der Waals surface area (Å²) in [4.78, 5) is 14.8. The van der Waals surface area contributed by atoms with Crippen LogP contribution in [0.25, 0.3) is 0 Å². The van der Waals surface area contributed by atoms with E-state index in [0.717, 1.165) is 38.2 Å². The lowest BCUT2D eigenvalue weighted by Crippen LogP contribution is -2.30. The van der Waals surface area contributed by atoms with Gasteiger partial charge in [-0.2, -0.15) is 0 Å². The highest BCUT2D eigenvalue weighted by atomic mass is 16.5. The van der Waals surface area contributed by atoms with Gasteiger partial charge in [0.05, 0.1) is 19.3 Å². The molecule has 1 heterocycles. The third-order valence-electron chi connectivity index (χ3n) is 4.91. The first-order valence-electron chi connectivity index (χ1n) is 10.2. The van der Waals surface area contributed by atoms with Gasteiger partial charge in [0.1, 0.15) is 18.1 Å². The number of fused-ring (bicyclic) bond motifs is 1. The average Bonchev–Trinajstić information content (AvgIpc) is 2.76. The number of benzene rings is 2. The van der Waals surface area contributed by atoms with Gasteiger partial charge in [-0.25, -0.2) is 0 Å². The fourth-order valence-electron chi connectivity index (χ4n) is 3.30. The highest BCUT2D eigenvalue weighted by Crippen LogP contribution is 2.18. The molecule has 156 valence electrons. The lowest BCUT2D eigenvalue weighted by molar-refractivity contribution is 0.0909. The van der Waals surface area contributed by atoms with Gasteiger partial charge in [-0.15, -0.1) is 0 Å². The van der Waals surface area contributed by atoms with E-state index < -0.39 is 0 Å². The molecule has 0 spiro atoms. The SMILES string of the molecule is COc1ccc(CN2CCCCOCCNC(=O)c3ccccc3OCC2)cc1. The minimum atomic E-state index is -0.130. The number of carbonyl (C=O) groups is 1. The Hall–Kier alpha value is -2.57. The standard InChI is InChI=1S/C23H30N2O4/c1-27-20-10-8-19(9-11-20)18-25-13-4-5-15-28-16-12-24-23(26)21-6-2-3-7-22(21)29-17-14-25/h2-3,6-11H,4-5,12-18H2,1H3,(H,24,26). The number of methoxy groups -OCH3 is 1. The highest BCUT2D eigenvalue weighted by molar-refractivity contribution is 5.96. The van der Waals surface area contributed by atoms with E-state index in [2.05, 4.69) is 22.3 Å². The molecule has 0 atom stereocenters. The first kappa shape index (κ1) is 21.1. The molecule has 1 aliphatic rings. The number of nitrogens with one attached hydrogen (secondary N) is 1. The van der Waals surface area contributed by atoms with Gasteiger partial charge in [0, 0.05) is 26.2 Å². The van der Waals surface area contributed by atoms with Crippen molar-refractivity contribution in [1.29, 1.82) is 0 Å². The van der Waals surface area contributed by atoms with Gasteiger partial charge in [0.15, 0.2) is 0 Å². The molecule has 6 heteroatoms. The second kappa shape index (κ2) is 11.4. The molecule has 0 aliphatic carbocycles. The zero-order valence-corrected chi connectivity index (χ0v) is 17.1. The molecule has 1 amide bonds. The summed E-state index contributed by atoms with van der Waals surface area (Å²) in [5.41, 5.74) is 1.80. The number of ether oxygens (including phenoxy) is 3. The Labute approximate surface area is 172 Å². The molecule has 0 saturated carbocycles. The number of amides is 1. The molecule has 0 radical (unpaired) electrons. The third kappa shape index (κ3) is 6.76. The lowest BCUT2D eigenvalue weighted by atomic mass is 10.2. The summed E-state index contributed by atoms with van der Waals surface area (Å²) in [6.45, 7) is 4.84. The normalized spacial score (nSPS) is 17.2. The van der Waals surface area contributed by atoms with Crippen molar-refractivity contribution in [3.63, 3.8) is 0 Å². The Bertz CT molecular complexity index is 764. The Morgan fingerprint density at radius 2 is 1.83 bits per heavy atom. The van der Waals surface area contributed by atoms with E-state index in [1.165, 1.54) is 5.56 Å². The summed E-state index contributed by atoms with van der Waals surface area (Å²) in [7, 11) is 1.68. The smallest absolute Gasteiger partial charge is 0.255 e. The van der Waals surface area contributed by atoms with Crippen molar-refractivity contribution in [2.75, 3.05) is 46.6 Å². The number of hydrogen-bond acceptors (Lipinski definition) is 5. The number of para-hydroxylation sites is 1. The number of carbonyl (C=O) groups excluding carboxylic acids is 1. The van der Waals surface area contributed by atoms with Crippen LogP contribution in [-0.4, -0.2) is 57.4 Å². The van der Waals surface area contributed by atoms with Crippen LogP contribution in [0.2, 0.25) is 0 Å². The van der Waals surface area contributed by atoms with Gasteiger partial charge >= 0.3 is 0 Å². The fourth-order valence-corrected chi connectivity index (χ4v) is 3.30. The van der Waals surface area contributed by atoms with Crippen molar-refractivity contribution in [1.82, 2.24) is 10.2 Å². The molecule has 2 aromatic carbocycles. The molecule has 0 aromatic heterocycles. The van der Waals surface area contributed by atoms with E-state index in [1.54, 1.807) is 13.2 Å². The van der Waals surface area contributed by atoms with E-state index in [-0.39, 0.29) is 5.91 Å². The topological polar surface area (TPSA) is 60.0 Å². The van der Waals surface area contributed by atoms with Crippen LogP contribution in [0, 0.1) is 0 Å². The predicted octanol–water partition coefficient (Wildman–Crippen LogP) is 3.12. The monoisotopic (exact) mass is 398 g/mol. The molecule has 1 aliphatic heterocycles. The van der Waals surface area contributed by atoms with Gasteiger partial charge < -0.3 is 19.5 Å². The summed E-state index contributed by atoms with van der Waals surface area (Å²) in [5.74, 6) is 1.35. The van der Waals surface area contributed by atoms with Crippen LogP contribution in [0.1, 0.15) is 28.8 Å². The summed E-state index contributed by atoms with van der Waals surface area (Å²) >= 11 is 0. The van der Waals surface area contributed by atoms with Gasteiger partial charge in [0.25, 0.3) is 5.91 Å². The molecule has 0 unspecified atom stereocenters. The van der Waals surface area contributed by atoms with Crippen molar-refractivity contribution >= 4 is 5.91 Å². The Morgan fingerprint density at radius 3 is 2.66 bits per heavy atom. The molecule has 0 saturated heterocycles. The average molecular weight is 399 g/mol. The van der Waals surface area contributed by atoms with Gasteiger partial charge in [0.2, 0.25) is 0 Å². The molecule has 2 aromatic rings. The zero-order valence-electron chi connectivity index (χ0n) is 17.1. The molecule has 0 bridgehead atoms. The van der Waals surface area contributed by atoms with E-state index in [0.29, 0.717) is 37.7 Å². The maximum atomic E-state index is 12.4. The van der Waals surface area contributed by atoms with E-state index >= 15 is 0 Å². The van der Waals surface area contributed by atoms with Gasteiger partial charge in [-0.05, 0) is 49.2 Å². The highest BCUT2D eigenvalue weighted by Gasteiger charge is 2.13. The third-order valence-corrected chi connectivity index (χ3v) is 4.91. The van der Waals surface area contributed by atoms with Crippen LogP contribution >= 0.6 is 0 Å². The number of nitrogens with zero attached hydrogens (tertiary/aromatic N) is 1. The van der Waals surface area contributed by atoms with Crippen molar-refractivity contribution in [2.24, 2.45) is 0 Å². The lowest BCUT2D eigenvalue weighted by Gasteiger charge is -2.23. The van der Waals surface area contributed by atoms with Gasteiger partial charge in [-0.3, -0.25) is 9.69 Å². The minimum Gasteiger partial charge on any atom is -0.497 e. The molecule has 29 heavy (non-hydrogen) atoms. The molecular weight excluding hydrogens is 368 g/mol. The molecule has 3 rings (SSSR count). The summed E-state index contributed by atoms with van der Waals surface area (Å²) in [6, 6.07) is 15.5. The quantitative estimate of drug-likeness (QED) is 0.861. The molecule has 1 N–H and O–H groups in total. The number of rotatable bonds is 3. The van der Waals surface area contributed by atoms with Crippen molar-refractivity contribution in [3.05, 3.63) is 59.7 Å². The maximum absolute atomic E-state index is 12.4. The van der Waals surface area contributed by atoms with Crippen LogP contribution in [-0.2, 0) is 11.3 Å². The first-order valence-corrected chi connectivity index (χ1v) is 10.2. The Morgan fingerprint density at radius 1 is 1.00 bits per heavy atom. The first-order chi connectivity index (χ1) is 14.3. The van der Waals surface area contributed by atoms with Crippen molar-refractivity contribution in [2.45, 2.75) is 19.4 Å². The van der Waals surface area contributed by atoms with Crippen molar-refractivity contribution in [3.8, 4) is 11.5 Å². The zero-order chi connectivity index (χ0) is 20.3. The Kier molecular flexibility index (Phi) is 8.34. The molecule has 6 nitrogen and oxygen atoms in total. The van der Waals surface area contributed by atoms with E-state index in [1.807, 2.05) is 30.3 Å². The summed E-state index contributed by atoms with van der Waals surface area (Å²) in [5, 5.41) is 2.89. The second-order valence-corrected chi connectivity index (χ2v) is 7.04. The largest absolute Gasteiger partial charge is 0.497 e. The molecule has 0 fully saturated rings. The summed E-state index contributed by atoms with van der Waals surface area (Å²) in [6.07, 6.45) is 2.05. The second-order valence-electron chi connectivity index (χ2n) is 7.04. The van der Waals surface area contributed by atoms with E-state index in [4.69, 9.17) is 14.2 Å². The van der Waals surface area contributed by atoms with Crippen LogP contribution < -0.4 is 14.8 Å².